The maximum atomic E-state index is 9.70. The minimum Gasteiger partial charge on any atom is -0.352 e. The summed E-state index contributed by atoms with van der Waals surface area (Å²) in [6.07, 6.45) is 1.15. The number of nitrogens with two attached hydrogens (primary N) is 1. The van der Waals surface area contributed by atoms with Crippen LogP contribution in [0, 0.1) is 42.4 Å². The van der Waals surface area contributed by atoms with Crippen molar-refractivity contribution in [1.29, 1.82) is 10.5 Å². The van der Waals surface area contributed by atoms with Gasteiger partial charge in [-0.25, -0.2) is 5.01 Å². The van der Waals surface area contributed by atoms with Crippen LogP contribution in [0.1, 0.15) is 17.0 Å². The van der Waals surface area contributed by atoms with Gasteiger partial charge in [-0.1, -0.05) is 18.2 Å². The number of para-hydroxylation sites is 1. The summed E-state index contributed by atoms with van der Waals surface area (Å²) in [6, 6.07) is 15.8. The van der Waals surface area contributed by atoms with E-state index in [2.05, 4.69) is 21.8 Å². The van der Waals surface area contributed by atoms with Crippen molar-refractivity contribution in [2.45, 2.75) is 20.0 Å². The van der Waals surface area contributed by atoms with Gasteiger partial charge in [-0.3, -0.25) is 0 Å². The van der Waals surface area contributed by atoms with Gasteiger partial charge >= 0.3 is 0 Å². The van der Waals surface area contributed by atoms with E-state index >= 15 is 0 Å². The van der Waals surface area contributed by atoms with E-state index in [1.807, 2.05) is 57.3 Å². The van der Waals surface area contributed by atoms with Crippen LogP contribution in [-0.4, -0.2) is 16.4 Å². The van der Waals surface area contributed by atoms with E-state index in [9.17, 15) is 10.5 Å². The third kappa shape index (κ3) is 2.88. The van der Waals surface area contributed by atoms with Gasteiger partial charge in [0.25, 0.3) is 0 Å². The smallest absolute Gasteiger partial charge is 0.127 e. The quantitative estimate of drug-likeness (QED) is 0.866. The highest BCUT2D eigenvalue weighted by Crippen LogP contribution is 2.29. The SMILES string of the molecule is Cc1cc(/C=C(/C#N)C2=NN(c3ccccc3)[C@H](N)[C@H]2C#N)c(C)n1C. The van der Waals surface area contributed by atoms with Crippen molar-refractivity contribution in [2.75, 3.05) is 5.01 Å². The van der Waals surface area contributed by atoms with Gasteiger partial charge in [0.1, 0.15) is 18.2 Å². The third-order valence-corrected chi connectivity index (χ3v) is 4.80. The molecule has 1 aliphatic heterocycles. The molecule has 6 heteroatoms. The molecule has 6 nitrogen and oxygen atoms in total. The van der Waals surface area contributed by atoms with Gasteiger partial charge in [0.2, 0.25) is 0 Å². The highest BCUT2D eigenvalue weighted by atomic mass is 15.5. The van der Waals surface area contributed by atoms with Crippen molar-refractivity contribution in [3.8, 4) is 12.1 Å². The first-order chi connectivity index (χ1) is 12.5. The molecule has 0 bridgehead atoms. The fraction of sp³-hybridized carbons (Fsp3) is 0.250. The van der Waals surface area contributed by atoms with E-state index in [1.54, 1.807) is 11.1 Å². The third-order valence-electron chi connectivity index (χ3n) is 4.80. The number of rotatable bonds is 3. The first-order valence-electron chi connectivity index (χ1n) is 8.31. The summed E-state index contributed by atoms with van der Waals surface area (Å²) < 4.78 is 2.06. The predicted octanol–water partition coefficient (Wildman–Crippen LogP) is 2.85. The number of aryl methyl sites for hydroxylation is 1. The highest BCUT2D eigenvalue weighted by molar-refractivity contribution is 6.11. The maximum absolute atomic E-state index is 9.70. The predicted molar refractivity (Wildman–Crippen MR) is 102 cm³/mol. The van der Waals surface area contributed by atoms with Gasteiger partial charge in [0.05, 0.1) is 23.0 Å². The standard InChI is InChI=1S/C20H20N6/c1-13-9-15(14(2)25(13)3)10-16(11-21)19-18(12-22)20(23)26(24-19)17-7-5-4-6-8-17/h4-10,18,20H,23H2,1-3H3/b16-10-/t18-,20-/m0/s1. The Bertz CT molecular complexity index is 968. The molecule has 2 aromatic rings. The minimum atomic E-state index is -0.675. The molecule has 1 aromatic heterocycles. The van der Waals surface area contributed by atoms with Crippen LogP contribution in [0.3, 0.4) is 0 Å². The van der Waals surface area contributed by atoms with Gasteiger partial charge in [0, 0.05) is 18.4 Å². The van der Waals surface area contributed by atoms with E-state index in [-0.39, 0.29) is 0 Å². The van der Waals surface area contributed by atoms with Crippen molar-refractivity contribution >= 4 is 17.5 Å². The van der Waals surface area contributed by atoms with Crippen LogP contribution in [0.5, 0.6) is 0 Å². The Morgan fingerprint density at radius 1 is 1.23 bits per heavy atom. The van der Waals surface area contributed by atoms with Gasteiger partial charge in [-0.2, -0.15) is 15.6 Å². The van der Waals surface area contributed by atoms with Crippen LogP contribution in [0.4, 0.5) is 5.69 Å². The second-order valence-corrected chi connectivity index (χ2v) is 6.32. The summed E-state index contributed by atoms with van der Waals surface area (Å²) >= 11 is 0. The Morgan fingerprint density at radius 2 is 1.92 bits per heavy atom. The first-order valence-corrected chi connectivity index (χ1v) is 8.31. The van der Waals surface area contributed by atoms with E-state index in [0.29, 0.717) is 11.3 Å². The van der Waals surface area contributed by atoms with E-state index in [1.165, 1.54) is 0 Å². The number of nitriles is 2. The summed E-state index contributed by atoms with van der Waals surface area (Å²) in [4.78, 5) is 0. The molecular weight excluding hydrogens is 324 g/mol. The fourth-order valence-corrected chi connectivity index (χ4v) is 3.07. The van der Waals surface area contributed by atoms with Gasteiger partial charge in [-0.15, -0.1) is 0 Å². The van der Waals surface area contributed by atoms with Crippen LogP contribution in [0.15, 0.2) is 47.1 Å². The van der Waals surface area contributed by atoms with Crippen LogP contribution < -0.4 is 10.7 Å². The summed E-state index contributed by atoms with van der Waals surface area (Å²) in [5, 5.41) is 25.4. The molecule has 2 heterocycles. The molecule has 130 valence electrons. The lowest BCUT2D eigenvalue weighted by atomic mass is 9.95. The normalized spacial score (nSPS) is 19.8. The Hall–Kier alpha value is -3.35. The van der Waals surface area contributed by atoms with Gasteiger partial charge in [-0.05, 0) is 43.7 Å². The van der Waals surface area contributed by atoms with Crippen molar-refractivity contribution < 1.29 is 0 Å². The lowest BCUT2D eigenvalue weighted by Crippen LogP contribution is -2.40. The second-order valence-electron chi connectivity index (χ2n) is 6.32. The van der Waals surface area contributed by atoms with Crippen molar-refractivity contribution in [3.63, 3.8) is 0 Å². The number of nitrogens with zero attached hydrogens (tertiary/aromatic N) is 5. The topological polar surface area (TPSA) is 94.1 Å². The number of hydrogen-bond donors (Lipinski definition) is 1. The Labute approximate surface area is 153 Å². The zero-order valence-corrected chi connectivity index (χ0v) is 15.0. The van der Waals surface area contributed by atoms with Crippen LogP contribution in [0.2, 0.25) is 0 Å². The largest absolute Gasteiger partial charge is 0.352 e. The van der Waals surface area contributed by atoms with Crippen LogP contribution in [-0.2, 0) is 7.05 Å². The number of benzene rings is 1. The number of hydrazone groups is 1. The molecule has 0 spiro atoms. The fourth-order valence-electron chi connectivity index (χ4n) is 3.07. The van der Waals surface area contributed by atoms with E-state index in [0.717, 1.165) is 22.6 Å². The summed E-state index contributed by atoms with van der Waals surface area (Å²) in [6.45, 7) is 4.00. The Kier molecular flexibility index (Phi) is 4.62. The van der Waals surface area contributed by atoms with Gasteiger partial charge in [0.15, 0.2) is 0 Å². The van der Waals surface area contributed by atoms with Crippen LogP contribution >= 0.6 is 0 Å². The number of hydrogen-bond acceptors (Lipinski definition) is 5. The second kappa shape index (κ2) is 6.87. The monoisotopic (exact) mass is 344 g/mol. The van der Waals surface area contributed by atoms with E-state index in [4.69, 9.17) is 5.73 Å². The molecule has 0 aliphatic carbocycles. The molecule has 0 unspecified atom stereocenters. The molecular formula is C20H20N6. The van der Waals surface area contributed by atoms with Crippen molar-refractivity contribution in [3.05, 3.63) is 58.9 Å². The first kappa shape index (κ1) is 17.5. The van der Waals surface area contributed by atoms with Crippen molar-refractivity contribution in [2.24, 2.45) is 23.8 Å². The lowest BCUT2D eigenvalue weighted by Gasteiger charge is -2.21. The number of anilines is 1. The molecule has 2 atom stereocenters. The molecule has 26 heavy (non-hydrogen) atoms. The molecule has 0 fully saturated rings. The average Bonchev–Trinajstić information content (AvgIpc) is 3.11. The number of allylic oxidation sites excluding steroid dienone is 1. The Morgan fingerprint density at radius 3 is 2.46 bits per heavy atom. The molecule has 0 saturated heterocycles. The number of aromatic nitrogens is 1. The molecule has 1 aromatic carbocycles. The Balaban J connectivity index is 2.06. The molecule has 3 rings (SSSR count). The zero-order chi connectivity index (χ0) is 18.8. The zero-order valence-electron chi connectivity index (χ0n) is 15.0. The van der Waals surface area contributed by atoms with Gasteiger partial charge < -0.3 is 10.3 Å². The highest BCUT2D eigenvalue weighted by Gasteiger charge is 2.37. The van der Waals surface area contributed by atoms with Crippen molar-refractivity contribution in [1.82, 2.24) is 4.57 Å². The maximum Gasteiger partial charge on any atom is 0.127 e. The minimum absolute atomic E-state index is 0.360. The van der Waals surface area contributed by atoms with Crippen LogP contribution in [0.25, 0.3) is 6.08 Å². The molecule has 0 amide bonds. The average molecular weight is 344 g/mol. The summed E-state index contributed by atoms with van der Waals surface area (Å²) in [5.74, 6) is -0.675. The molecule has 2 N–H and O–H groups in total. The summed E-state index contributed by atoms with van der Waals surface area (Å²) in [7, 11) is 1.98. The van der Waals surface area contributed by atoms with E-state index < -0.39 is 12.1 Å². The molecule has 0 saturated carbocycles. The lowest BCUT2D eigenvalue weighted by molar-refractivity contribution is 0.624. The molecule has 0 radical (unpaired) electrons. The summed E-state index contributed by atoms with van der Waals surface area (Å²) in [5.41, 5.74) is 10.9. The molecule has 1 aliphatic rings.